The molecule has 0 atom stereocenters. The Bertz CT molecular complexity index is 940. The number of urea groups is 1. The average Bonchev–Trinajstić information content (AvgIpc) is 2.65. The van der Waals surface area contributed by atoms with Crippen LogP contribution in [0.4, 0.5) is 10.5 Å². The Morgan fingerprint density at radius 3 is 2.44 bits per heavy atom. The van der Waals surface area contributed by atoms with Crippen LogP contribution in [-0.4, -0.2) is 26.9 Å². The summed E-state index contributed by atoms with van der Waals surface area (Å²) >= 11 is 0. The Kier molecular flexibility index (Phi) is 6.69. The number of nitrogens with one attached hydrogen (secondary N) is 3. The molecule has 2 aromatic rings. The lowest BCUT2D eigenvalue weighted by Gasteiger charge is -2.09. The van der Waals surface area contributed by atoms with Crippen LogP contribution in [0.15, 0.2) is 66.1 Å². The lowest BCUT2D eigenvalue weighted by molar-refractivity contribution is 0.0950. The van der Waals surface area contributed by atoms with E-state index < -0.39 is 22.0 Å². The first-order chi connectivity index (χ1) is 12.8. The third kappa shape index (κ3) is 5.94. The van der Waals surface area contributed by atoms with Crippen molar-refractivity contribution in [1.29, 1.82) is 0 Å². The van der Waals surface area contributed by atoms with Gasteiger partial charge in [0.25, 0.3) is 5.91 Å². The number of nitrogens with two attached hydrogens (primary N) is 1. The first-order valence-corrected chi connectivity index (χ1v) is 9.44. The van der Waals surface area contributed by atoms with Gasteiger partial charge in [-0.05, 0) is 35.9 Å². The third-order valence-electron chi connectivity index (χ3n) is 3.50. The summed E-state index contributed by atoms with van der Waals surface area (Å²) in [6, 6.07) is 11.9. The highest BCUT2D eigenvalue weighted by atomic mass is 32.2. The molecule has 3 amide bonds. The molecule has 0 aliphatic heterocycles. The van der Waals surface area contributed by atoms with Gasteiger partial charge in [0, 0.05) is 24.3 Å². The van der Waals surface area contributed by atoms with Crippen LogP contribution < -0.4 is 21.1 Å². The van der Waals surface area contributed by atoms with Crippen LogP contribution in [0.2, 0.25) is 0 Å². The molecule has 27 heavy (non-hydrogen) atoms. The summed E-state index contributed by atoms with van der Waals surface area (Å²) in [6.07, 6.45) is 1.43. The van der Waals surface area contributed by atoms with E-state index in [-0.39, 0.29) is 23.5 Å². The zero-order chi connectivity index (χ0) is 19.9. The Morgan fingerprint density at radius 1 is 1.11 bits per heavy atom. The molecule has 2 aromatic carbocycles. The van der Waals surface area contributed by atoms with Crippen molar-refractivity contribution in [2.24, 2.45) is 5.73 Å². The lowest BCUT2D eigenvalue weighted by Crippen LogP contribution is -2.25. The highest BCUT2D eigenvalue weighted by molar-refractivity contribution is 7.89. The molecular formula is C18H20N4O4S. The second kappa shape index (κ2) is 8.97. The second-order valence-electron chi connectivity index (χ2n) is 5.54. The standard InChI is InChI=1S/C18H20N4O4S/c1-2-10-21-27(25,26)16-5-3-4-14(11-16)17(23)20-12-13-6-8-15(9-7-13)22-18(19)24/h2-9,11,21H,1,10,12H2,(H,20,23)(H3,19,22,24). The van der Waals surface area contributed by atoms with Gasteiger partial charge < -0.3 is 16.4 Å². The number of sulfonamides is 1. The zero-order valence-electron chi connectivity index (χ0n) is 14.4. The first kappa shape index (κ1) is 20.1. The van der Waals surface area contributed by atoms with Crippen molar-refractivity contribution >= 4 is 27.6 Å². The van der Waals surface area contributed by atoms with Crippen LogP contribution in [0.1, 0.15) is 15.9 Å². The average molecular weight is 388 g/mol. The summed E-state index contributed by atoms with van der Waals surface area (Å²) in [5.74, 6) is -0.407. The van der Waals surface area contributed by atoms with Crippen LogP contribution in [0.5, 0.6) is 0 Å². The fourth-order valence-corrected chi connectivity index (χ4v) is 3.23. The SMILES string of the molecule is C=CCNS(=O)(=O)c1cccc(C(=O)NCc2ccc(NC(N)=O)cc2)c1. The monoisotopic (exact) mass is 388 g/mol. The molecule has 0 aliphatic carbocycles. The van der Waals surface area contributed by atoms with Gasteiger partial charge in [-0.25, -0.2) is 17.9 Å². The number of hydrogen-bond donors (Lipinski definition) is 4. The van der Waals surface area contributed by atoms with Gasteiger partial charge >= 0.3 is 6.03 Å². The van der Waals surface area contributed by atoms with Gasteiger partial charge in [-0.1, -0.05) is 24.3 Å². The van der Waals surface area contributed by atoms with Crippen LogP contribution in [0, 0.1) is 0 Å². The highest BCUT2D eigenvalue weighted by Gasteiger charge is 2.15. The maximum absolute atomic E-state index is 12.3. The largest absolute Gasteiger partial charge is 0.351 e. The summed E-state index contributed by atoms with van der Waals surface area (Å²) in [6.45, 7) is 3.79. The topological polar surface area (TPSA) is 130 Å². The summed E-state index contributed by atoms with van der Waals surface area (Å²) in [7, 11) is -3.71. The molecule has 0 spiro atoms. The van der Waals surface area contributed by atoms with Crippen LogP contribution in [-0.2, 0) is 16.6 Å². The summed E-state index contributed by atoms with van der Waals surface area (Å²) < 4.78 is 26.6. The summed E-state index contributed by atoms with van der Waals surface area (Å²) in [4.78, 5) is 23.1. The number of benzene rings is 2. The first-order valence-electron chi connectivity index (χ1n) is 7.96. The van der Waals surface area contributed by atoms with Gasteiger partial charge in [0.15, 0.2) is 0 Å². The molecule has 2 rings (SSSR count). The van der Waals surface area contributed by atoms with Crippen molar-refractivity contribution < 1.29 is 18.0 Å². The quantitative estimate of drug-likeness (QED) is 0.511. The minimum atomic E-state index is -3.71. The molecular weight excluding hydrogens is 368 g/mol. The van der Waals surface area contributed by atoms with E-state index in [1.54, 1.807) is 24.3 Å². The number of anilines is 1. The molecule has 5 N–H and O–H groups in total. The number of primary amides is 1. The normalized spacial score (nSPS) is 10.8. The highest BCUT2D eigenvalue weighted by Crippen LogP contribution is 2.12. The number of hydrogen-bond acceptors (Lipinski definition) is 4. The number of rotatable bonds is 8. The van der Waals surface area contributed by atoms with E-state index in [2.05, 4.69) is 21.9 Å². The Balaban J connectivity index is 2.03. The van der Waals surface area contributed by atoms with Gasteiger partial charge in [0.2, 0.25) is 10.0 Å². The molecule has 0 fully saturated rings. The van der Waals surface area contributed by atoms with Crippen molar-refractivity contribution in [3.63, 3.8) is 0 Å². The molecule has 0 bridgehead atoms. The minimum absolute atomic E-state index is 0.00104. The van der Waals surface area contributed by atoms with Crippen molar-refractivity contribution in [1.82, 2.24) is 10.0 Å². The van der Waals surface area contributed by atoms with Crippen LogP contribution >= 0.6 is 0 Å². The Hall–Kier alpha value is -3.17. The van der Waals surface area contributed by atoms with Crippen molar-refractivity contribution in [3.8, 4) is 0 Å². The van der Waals surface area contributed by atoms with Crippen LogP contribution in [0.25, 0.3) is 0 Å². The van der Waals surface area contributed by atoms with E-state index in [9.17, 15) is 18.0 Å². The van der Waals surface area contributed by atoms with Gasteiger partial charge in [-0.3, -0.25) is 4.79 Å². The third-order valence-corrected chi connectivity index (χ3v) is 4.92. The van der Waals surface area contributed by atoms with Gasteiger partial charge in [-0.2, -0.15) is 0 Å². The maximum atomic E-state index is 12.3. The summed E-state index contributed by atoms with van der Waals surface area (Å²) in [5, 5.41) is 5.16. The fraction of sp³-hybridized carbons (Fsp3) is 0.111. The van der Waals surface area contributed by atoms with E-state index in [1.165, 1.54) is 30.3 Å². The van der Waals surface area contributed by atoms with Crippen molar-refractivity contribution in [2.75, 3.05) is 11.9 Å². The smallest absolute Gasteiger partial charge is 0.316 e. The van der Waals surface area contributed by atoms with Crippen LogP contribution in [0.3, 0.4) is 0 Å². The van der Waals surface area contributed by atoms with E-state index in [0.717, 1.165) is 5.56 Å². The van der Waals surface area contributed by atoms with E-state index >= 15 is 0 Å². The maximum Gasteiger partial charge on any atom is 0.316 e. The number of amides is 3. The predicted molar refractivity (Wildman–Crippen MR) is 103 cm³/mol. The molecule has 9 heteroatoms. The molecule has 142 valence electrons. The van der Waals surface area contributed by atoms with Gasteiger partial charge in [0.05, 0.1) is 4.90 Å². The van der Waals surface area contributed by atoms with Crippen molar-refractivity contribution in [3.05, 3.63) is 72.3 Å². The predicted octanol–water partition coefficient (Wildman–Crippen LogP) is 1.57. The lowest BCUT2D eigenvalue weighted by atomic mass is 10.2. The molecule has 0 saturated heterocycles. The van der Waals surface area contributed by atoms with Crippen molar-refractivity contribution in [2.45, 2.75) is 11.4 Å². The molecule has 0 radical (unpaired) electrons. The van der Waals surface area contributed by atoms with E-state index in [4.69, 9.17) is 5.73 Å². The molecule has 0 heterocycles. The molecule has 0 unspecified atom stereocenters. The second-order valence-corrected chi connectivity index (χ2v) is 7.30. The molecule has 0 saturated carbocycles. The van der Waals surface area contributed by atoms with E-state index in [0.29, 0.717) is 5.69 Å². The zero-order valence-corrected chi connectivity index (χ0v) is 15.3. The van der Waals surface area contributed by atoms with E-state index in [1.807, 2.05) is 0 Å². The van der Waals surface area contributed by atoms with Gasteiger partial charge in [0.1, 0.15) is 0 Å². The number of carbonyl (C=O) groups is 2. The van der Waals surface area contributed by atoms with Gasteiger partial charge in [-0.15, -0.1) is 6.58 Å². The minimum Gasteiger partial charge on any atom is -0.351 e. The Labute approximate surface area is 157 Å². The molecule has 0 aliphatic rings. The molecule has 0 aromatic heterocycles. The Morgan fingerprint density at radius 2 is 1.81 bits per heavy atom. The number of carbonyl (C=O) groups excluding carboxylic acids is 2. The molecule has 8 nitrogen and oxygen atoms in total. The summed E-state index contributed by atoms with van der Waals surface area (Å²) in [5.41, 5.74) is 6.61. The fourth-order valence-electron chi connectivity index (χ4n) is 2.19.